The van der Waals surface area contributed by atoms with Crippen LogP contribution in [0.2, 0.25) is 0 Å². The molecule has 0 saturated carbocycles. The lowest BCUT2D eigenvalue weighted by atomic mass is 10.4. The van der Waals surface area contributed by atoms with Crippen LogP contribution >= 0.6 is 0 Å². The summed E-state index contributed by atoms with van der Waals surface area (Å²) < 4.78 is 0. The Morgan fingerprint density at radius 1 is 1.40 bits per heavy atom. The predicted molar refractivity (Wildman–Crippen MR) is 42.7 cm³/mol. The third-order valence-electron chi connectivity index (χ3n) is 1.14. The van der Waals surface area contributed by atoms with Crippen molar-refractivity contribution in [1.82, 2.24) is 5.32 Å². The van der Waals surface area contributed by atoms with Crippen LogP contribution in [0.15, 0.2) is 12.2 Å². The molecular weight excluding hydrogens is 126 g/mol. The van der Waals surface area contributed by atoms with Gasteiger partial charge in [-0.05, 0) is 6.42 Å². The van der Waals surface area contributed by atoms with Crippen LogP contribution in [0.3, 0.4) is 0 Å². The zero-order chi connectivity index (χ0) is 7.82. The molecule has 0 aliphatic rings. The highest BCUT2D eigenvalue weighted by molar-refractivity contribution is 5.75. The van der Waals surface area contributed by atoms with Crippen molar-refractivity contribution in [3.8, 4) is 0 Å². The van der Waals surface area contributed by atoms with E-state index in [1.807, 2.05) is 19.1 Å². The van der Waals surface area contributed by atoms with E-state index in [1.54, 1.807) is 0 Å². The number of amides is 1. The fraction of sp³-hybridized carbons (Fsp3) is 0.625. The van der Waals surface area contributed by atoms with Gasteiger partial charge in [0.05, 0.1) is 0 Å². The molecule has 2 nitrogen and oxygen atoms in total. The zero-order valence-electron chi connectivity index (χ0n) is 6.68. The smallest absolute Gasteiger partial charge is 0.219 e. The van der Waals surface area contributed by atoms with Crippen LogP contribution in [0.5, 0.6) is 0 Å². The van der Waals surface area contributed by atoms with Crippen molar-refractivity contribution in [1.29, 1.82) is 0 Å². The van der Waals surface area contributed by atoms with Gasteiger partial charge in [-0.25, -0.2) is 0 Å². The number of hydrogen-bond acceptors (Lipinski definition) is 1. The lowest BCUT2D eigenvalue weighted by Gasteiger charge is -1.96. The first kappa shape index (κ1) is 9.21. The Morgan fingerprint density at radius 2 is 2.10 bits per heavy atom. The normalized spacial score (nSPS) is 10.2. The molecule has 0 heterocycles. The summed E-state index contributed by atoms with van der Waals surface area (Å²) in [6.07, 6.45) is 5.60. The summed E-state index contributed by atoms with van der Waals surface area (Å²) in [4.78, 5) is 10.6. The summed E-state index contributed by atoms with van der Waals surface area (Å²) >= 11 is 0. The highest BCUT2D eigenvalue weighted by atomic mass is 16.1. The SMILES string of the molecule is CC/C=C\CNC(=O)CC. The van der Waals surface area contributed by atoms with Gasteiger partial charge < -0.3 is 5.32 Å². The van der Waals surface area contributed by atoms with Gasteiger partial charge in [-0.1, -0.05) is 26.0 Å². The van der Waals surface area contributed by atoms with E-state index in [9.17, 15) is 4.79 Å². The lowest BCUT2D eigenvalue weighted by molar-refractivity contribution is -0.120. The summed E-state index contributed by atoms with van der Waals surface area (Å²) in [5.74, 6) is 0.112. The maximum absolute atomic E-state index is 10.6. The number of hydrogen-bond donors (Lipinski definition) is 1. The predicted octanol–water partition coefficient (Wildman–Crippen LogP) is 1.48. The van der Waals surface area contributed by atoms with E-state index in [1.165, 1.54) is 0 Å². The van der Waals surface area contributed by atoms with Gasteiger partial charge in [0.25, 0.3) is 0 Å². The molecule has 0 aliphatic carbocycles. The molecule has 0 rings (SSSR count). The average Bonchev–Trinajstić information content (AvgIpc) is 1.98. The molecule has 0 aromatic carbocycles. The number of allylic oxidation sites excluding steroid dienone is 1. The quantitative estimate of drug-likeness (QED) is 0.590. The Labute approximate surface area is 62.3 Å². The third-order valence-corrected chi connectivity index (χ3v) is 1.14. The molecule has 0 bridgehead atoms. The maximum atomic E-state index is 10.6. The van der Waals surface area contributed by atoms with Crippen LogP contribution in [0.25, 0.3) is 0 Å². The van der Waals surface area contributed by atoms with Crippen LogP contribution in [-0.4, -0.2) is 12.5 Å². The fourth-order valence-electron chi connectivity index (χ4n) is 0.548. The minimum atomic E-state index is 0.112. The van der Waals surface area contributed by atoms with Crippen LogP contribution in [0.1, 0.15) is 26.7 Å². The molecule has 0 aromatic rings. The summed E-state index contributed by atoms with van der Waals surface area (Å²) in [5, 5.41) is 2.74. The van der Waals surface area contributed by atoms with Crippen molar-refractivity contribution in [2.24, 2.45) is 0 Å². The van der Waals surface area contributed by atoms with E-state index in [0.29, 0.717) is 13.0 Å². The molecule has 0 atom stereocenters. The summed E-state index contributed by atoms with van der Waals surface area (Å²) in [6.45, 7) is 4.58. The average molecular weight is 141 g/mol. The Bertz CT molecular complexity index is 118. The maximum Gasteiger partial charge on any atom is 0.219 e. The molecule has 0 spiro atoms. The van der Waals surface area contributed by atoms with E-state index < -0.39 is 0 Å². The molecule has 0 saturated heterocycles. The monoisotopic (exact) mass is 141 g/mol. The number of carbonyl (C=O) groups is 1. The van der Waals surface area contributed by atoms with Crippen LogP contribution in [0, 0.1) is 0 Å². The van der Waals surface area contributed by atoms with E-state index in [-0.39, 0.29) is 5.91 Å². The highest BCUT2D eigenvalue weighted by Crippen LogP contribution is 1.78. The molecule has 0 aliphatic heterocycles. The van der Waals surface area contributed by atoms with Gasteiger partial charge in [0, 0.05) is 13.0 Å². The molecule has 2 heteroatoms. The van der Waals surface area contributed by atoms with E-state index in [2.05, 4.69) is 12.2 Å². The van der Waals surface area contributed by atoms with Gasteiger partial charge in [0.1, 0.15) is 0 Å². The molecular formula is C8H15NO. The minimum absolute atomic E-state index is 0.112. The Kier molecular flexibility index (Phi) is 5.83. The third kappa shape index (κ3) is 5.35. The zero-order valence-corrected chi connectivity index (χ0v) is 6.68. The summed E-state index contributed by atoms with van der Waals surface area (Å²) in [7, 11) is 0. The fourth-order valence-corrected chi connectivity index (χ4v) is 0.548. The number of carbonyl (C=O) groups excluding carboxylic acids is 1. The lowest BCUT2D eigenvalue weighted by Crippen LogP contribution is -2.21. The number of nitrogens with one attached hydrogen (secondary N) is 1. The Hall–Kier alpha value is -0.790. The molecule has 0 radical (unpaired) electrons. The molecule has 0 unspecified atom stereocenters. The van der Waals surface area contributed by atoms with Gasteiger partial charge in [-0.15, -0.1) is 0 Å². The topological polar surface area (TPSA) is 29.1 Å². The first-order chi connectivity index (χ1) is 4.81. The van der Waals surface area contributed by atoms with Crippen molar-refractivity contribution < 1.29 is 4.79 Å². The summed E-state index contributed by atoms with van der Waals surface area (Å²) in [6, 6.07) is 0. The van der Waals surface area contributed by atoms with E-state index in [0.717, 1.165) is 6.42 Å². The van der Waals surface area contributed by atoms with Gasteiger partial charge in [0.2, 0.25) is 5.91 Å². The molecule has 1 N–H and O–H groups in total. The molecule has 58 valence electrons. The number of rotatable bonds is 4. The van der Waals surface area contributed by atoms with Crippen molar-refractivity contribution in [2.45, 2.75) is 26.7 Å². The molecule has 1 amide bonds. The van der Waals surface area contributed by atoms with Crippen LogP contribution < -0.4 is 5.32 Å². The van der Waals surface area contributed by atoms with Crippen molar-refractivity contribution in [2.75, 3.05) is 6.54 Å². The van der Waals surface area contributed by atoms with Crippen molar-refractivity contribution in [3.63, 3.8) is 0 Å². The van der Waals surface area contributed by atoms with E-state index in [4.69, 9.17) is 0 Å². The highest BCUT2D eigenvalue weighted by Gasteiger charge is 1.90. The Morgan fingerprint density at radius 3 is 2.60 bits per heavy atom. The Balaban J connectivity index is 3.19. The first-order valence-electron chi connectivity index (χ1n) is 3.73. The second-order valence-corrected chi connectivity index (χ2v) is 2.04. The van der Waals surface area contributed by atoms with Gasteiger partial charge >= 0.3 is 0 Å². The van der Waals surface area contributed by atoms with E-state index >= 15 is 0 Å². The standard InChI is InChI=1S/C8H15NO/c1-3-5-6-7-9-8(10)4-2/h5-6H,3-4,7H2,1-2H3,(H,9,10)/b6-5-. The van der Waals surface area contributed by atoms with Gasteiger partial charge in [-0.3, -0.25) is 4.79 Å². The molecule has 0 aromatic heterocycles. The second-order valence-electron chi connectivity index (χ2n) is 2.04. The minimum Gasteiger partial charge on any atom is -0.353 e. The first-order valence-corrected chi connectivity index (χ1v) is 3.73. The van der Waals surface area contributed by atoms with Crippen LogP contribution in [0.4, 0.5) is 0 Å². The second kappa shape index (κ2) is 6.33. The largest absolute Gasteiger partial charge is 0.353 e. The molecule has 0 fully saturated rings. The summed E-state index contributed by atoms with van der Waals surface area (Å²) in [5.41, 5.74) is 0. The molecule has 10 heavy (non-hydrogen) atoms. The van der Waals surface area contributed by atoms with Crippen LogP contribution in [-0.2, 0) is 4.79 Å². The van der Waals surface area contributed by atoms with Crippen molar-refractivity contribution in [3.05, 3.63) is 12.2 Å². The van der Waals surface area contributed by atoms with Gasteiger partial charge in [0.15, 0.2) is 0 Å². The van der Waals surface area contributed by atoms with Crippen molar-refractivity contribution >= 4 is 5.91 Å². The van der Waals surface area contributed by atoms with Gasteiger partial charge in [-0.2, -0.15) is 0 Å².